The Morgan fingerprint density at radius 3 is 2.60 bits per heavy atom. The van der Waals surface area contributed by atoms with Gasteiger partial charge in [0.15, 0.2) is 0 Å². The molecule has 15 heavy (non-hydrogen) atoms. The van der Waals surface area contributed by atoms with Gasteiger partial charge in [-0.3, -0.25) is 0 Å². The van der Waals surface area contributed by atoms with E-state index in [2.05, 4.69) is 34.9 Å². The van der Waals surface area contributed by atoms with Crippen molar-refractivity contribution in [1.82, 2.24) is 14.8 Å². The van der Waals surface area contributed by atoms with Crippen LogP contribution in [0.15, 0.2) is 6.33 Å². The fourth-order valence-electron chi connectivity index (χ4n) is 1.65. The quantitative estimate of drug-likeness (QED) is 0.725. The van der Waals surface area contributed by atoms with E-state index in [9.17, 15) is 0 Å². The lowest BCUT2D eigenvalue weighted by atomic mass is 10.0. The van der Waals surface area contributed by atoms with Gasteiger partial charge in [0.25, 0.3) is 0 Å². The molecule has 3 nitrogen and oxygen atoms in total. The maximum atomic E-state index is 5.80. The molecule has 0 saturated carbocycles. The minimum Gasteiger partial charge on any atom is -0.315 e. The Bertz CT molecular complexity index is 288. The van der Waals surface area contributed by atoms with Gasteiger partial charge in [0.05, 0.1) is 5.88 Å². The molecule has 0 fully saturated rings. The minimum atomic E-state index is 0.281. The van der Waals surface area contributed by atoms with Gasteiger partial charge in [-0.1, -0.05) is 13.8 Å². The zero-order valence-electron chi connectivity index (χ0n) is 9.53. The zero-order chi connectivity index (χ0) is 11.3. The van der Waals surface area contributed by atoms with Gasteiger partial charge < -0.3 is 4.57 Å². The molecule has 0 radical (unpaired) electrons. The van der Waals surface area contributed by atoms with Crippen molar-refractivity contribution in [2.75, 3.05) is 6.26 Å². The Morgan fingerprint density at radius 1 is 1.47 bits per heavy atom. The van der Waals surface area contributed by atoms with Crippen molar-refractivity contribution in [3.8, 4) is 0 Å². The molecule has 0 aliphatic heterocycles. The third-order valence-corrected chi connectivity index (χ3v) is 4.81. The highest BCUT2D eigenvalue weighted by atomic mass is 35.5. The topological polar surface area (TPSA) is 30.7 Å². The predicted molar refractivity (Wildman–Crippen MR) is 66.4 cm³/mol. The van der Waals surface area contributed by atoms with E-state index in [1.807, 2.05) is 11.8 Å². The number of thioether (sulfide) groups is 1. The van der Waals surface area contributed by atoms with Crippen LogP contribution in [0.3, 0.4) is 0 Å². The summed E-state index contributed by atoms with van der Waals surface area (Å²) in [6.45, 7) is 5.39. The Morgan fingerprint density at radius 2 is 2.13 bits per heavy atom. The van der Waals surface area contributed by atoms with Crippen LogP contribution in [0.25, 0.3) is 0 Å². The number of hydrogen-bond donors (Lipinski definition) is 0. The van der Waals surface area contributed by atoms with Gasteiger partial charge in [-0.25, -0.2) is 0 Å². The van der Waals surface area contributed by atoms with Crippen molar-refractivity contribution in [3.05, 3.63) is 12.2 Å². The number of rotatable bonds is 6. The molecule has 0 spiro atoms. The fraction of sp³-hybridized carbons (Fsp3) is 0.800. The Labute approximate surface area is 101 Å². The van der Waals surface area contributed by atoms with E-state index in [-0.39, 0.29) is 4.75 Å². The van der Waals surface area contributed by atoms with Crippen LogP contribution in [0, 0.1) is 0 Å². The summed E-state index contributed by atoms with van der Waals surface area (Å²) in [5.74, 6) is 1.29. The summed E-state index contributed by atoms with van der Waals surface area (Å²) >= 11 is 7.72. The van der Waals surface area contributed by atoms with Crippen molar-refractivity contribution < 1.29 is 0 Å². The molecule has 0 aliphatic rings. The number of halogens is 1. The molecule has 0 atom stereocenters. The Kier molecular flexibility index (Phi) is 4.93. The summed E-state index contributed by atoms with van der Waals surface area (Å²) in [6, 6.07) is 0. The maximum absolute atomic E-state index is 5.80. The van der Waals surface area contributed by atoms with Gasteiger partial charge in [0, 0.05) is 11.3 Å². The first kappa shape index (κ1) is 12.8. The second kappa shape index (κ2) is 5.75. The molecular formula is C10H18ClN3S. The van der Waals surface area contributed by atoms with Crippen LogP contribution in [-0.4, -0.2) is 25.8 Å². The number of alkyl halides is 1. The first-order valence-electron chi connectivity index (χ1n) is 5.19. The molecule has 1 heterocycles. The molecular weight excluding hydrogens is 230 g/mol. The third-order valence-electron chi connectivity index (χ3n) is 3.00. The van der Waals surface area contributed by atoms with Crippen molar-refractivity contribution in [1.29, 1.82) is 0 Å². The van der Waals surface area contributed by atoms with Crippen molar-refractivity contribution in [3.63, 3.8) is 0 Å². The van der Waals surface area contributed by atoms with E-state index in [0.29, 0.717) is 5.88 Å². The highest BCUT2D eigenvalue weighted by Crippen LogP contribution is 2.32. The average molecular weight is 248 g/mol. The minimum absolute atomic E-state index is 0.281. The van der Waals surface area contributed by atoms with Gasteiger partial charge in [-0.05, 0) is 19.1 Å². The molecule has 0 amide bonds. The molecule has 0 aromatic carbocycles. The molecule has 5 heteroatoms. The number of aromatic nitrogens is 3. The first-order valence-corrected chi connectivity index (χ1v) is 6.95. The summed E-state index contributed by atoms with van der Waals surface area (Å²) in [6.07, 6.45) is 6.22. The van der Waals surface area contributed by atoms with E-state index in [1.54, 1.807) is 6.33 Å². The smallest absolute Gasteiger partial charge is 0.147 e. The van der Waals surface area contributed by atoms with Crippen LogP contribution in [0.2, 0.25) is 0 Å². The van der Waals surface area contributed by atoms with Crippen molar-refractivity contribution >= 4 is 23.4 Å². The second-order valence-electron chi connectivity index (χ2n) is 3.60. The van der Waals surface area contributed by atoms with Crippen molar-refractivity contribution in [2.45, 2.75) is 43.9 Å². The van der Waals surface area contributed by atoms with E-state index in [4.69, 9.17) is 11.6 Å². The molecule has 1 rings (SSSR count). The van der Waals surface area contributed by atoms with Crippen LogP contribution < -0.4 is 0 Å². The zero-order valence-corrected chi connectivity index (χ0v) is 11.1. The highest BCUT2D eigenvalue weighted by molar-refractivity contribution is 8.00. The van der Waals surface area contributed by atoms with Crippen LogP contribution >= 0.6 is 23.4 Å². The summed E-state index contributed by atoms with van der Waals surface area (Å²) < 4.78 is 2.35. The summed E-state index contributed by atoms with van der Waals surface area (Å²) in [5, 5.41) is 7.89. The van der Waals surface area contributed by atoms with Crippen LogP contribution in [-0.2, 0) is 12.4 Å². The normalized spacial score (nSPS) is 12.0. The molecule has 0 unspecified atom stereocenters. The van der Waals surface area contributed by atoms with E-state index in [0.717, 1.165) is 25.2 Å². The highest BCUT2D eigenvalue weighted by Gasteiger charge is 2.26. The monoisotopic (exact) mass is 247 g/mol. The fourth-order valence-corrected chi connectivity index (χ4v) is 2.70. The lowest BCUT2D eigenvalue weighted by molar-refractivity contribution is 0.459. The predicted octanol–water partition coefficient (Wildman–Crippen LogP) is 2.94. The molecule has 0 bridgehead atoms. The first-order chi connectivity index (χ1) is 7.21. The molecule has 86 valence electrons. The van der Waals surface area contributed by atoms with Crippen LogP contribution in [0.5, 0.6) is 0 Å². The van der Waals surface area contributed by atoms with Gasteiger partial charge >= 0.3 is 0 Å². The lowest BCUT2D eigenvalue weighted by Crippen LogP contribution is -2.29. The second-order valence-corrected chi connectivity index (χ2v) is 5.14. The third kappa shape index (κ3) is 2.88. The van der Waals surface area contributed by atoms with Crippen LogP contribution in [0.1, 0.15) is 32.5 Å². The van der Waals surface area contributed by atoms with E-state index in [1.165, 1.54) is 0 Å². The molecule has 1 aromatic rings. The van der Waals surface area contributed by atoms with Crippen molar-refractivity contribution in [2.24, 2.45) is 0 Å². The number of hydrogen-bond acceptors (Lipinski definition) is 3. The molecule has 0 saturated heterocycles. The summed E-state index contributed by atoms with van der Waals surface area (Å²) in [4.78, 5) is 0. The largest absolute Gasteiger partial charge is 0.315 e. The van der Waals surface area contributed by atoms with Crippen LogP contribution in [0.4, 0.5) is 0 Å². The van der Waals surface area contributed by atoms with E-state index < -0.39 is 0 Å². The molecule has 0 aliphatic carbocycles. The van der Waals surface area contributed by atoms with E-state index >= 15 is 0 Å². The van der Waals surface area contributed by atoms with Gasteiger partial charge in [0.1, 0.15) is 12.2 Å². The standard InChI is InChI=1S/C10H18ClN3S/c1-4-10(5-2,15-3)7-14-8-12-13-9(14)6-11/h8H,4-7H2,1-3H3. The molecule has 0 N–H and O–H groups in total. The SMILES string of the molecule is CCC(CC)(Cn1cnnc1CCl)SC. The van der Waals surface area contributed by atoms with Gasteiger partial charge in [-0.15, -0.1) is 21.8 Å². The Hall–Kier alpha value is -0.220. The van der Waals surface area contributed by atoms with Gasteiger partial charge in [-0.2, -0.15) is 11.8 Å². The average Bonchev–Trinajstić information content (AvgIpc) is 2.73. The van der Waals surface area contributed by atoms with Gasteiger partial charge in [0.2, 0.25) is 0 Å². The summed E-state index contributed by atoms with van der Waals surface area (Å²) in [7, 11) is 0. The molecule has 1 aromatic heterocycles. The Balaban J connectivity index is 2.82. The number of nitrogens with zero attached hydrogens (tertiary/aromatic N) is 3. The maximum Gasteiger partial charge on any atom is 0.147 e. The summed E-state index contributed by atoms with van der Waals surface area (Å²) in [5.41, 5.74) is 0. The lowest BCUT2D eigenvalue weighted by Gasteiger charge is -2.30.